The molecule has 0 aliphatic rings. The number of aliphatic hydroxyl groups excluding tert-OH is 2. The van der Waals surface area contributed by atoms with E-state index in [9.17, 15) is 29.1 Å². The second-order valence-electron chi connectivity index (χ2n) is 5.29. The van der Waals surface area contributed by atoms with E-state index >= 15 is 0 Å². The van der Waals surface area contributed by atoms with Crippen LogP contribution in [0.15, 0.2) is 0 Å². The topological polar surface area (TPSA) is 228 Å². The van der Waals surface area contributed by atoms with Crippen LogP contribution in [0.3, 0.4) is 0 Å². The van der Waals surface area contributed by atoms with Crippen LogP contribution in [0.2, 0.25) is 0 Å². The van der Waals surface area contributed by atoms with Gasteiger partial charge in [-0.2, -0.15) is 0 Å². The zero-order valence-corrected chi connectivity index (χ0v) is 13.8. The van der Waals surface area contributed by atoms with Crippen molar-refractivity contribution in [3.63, 3.8) is 0 Å². The number of carboxylic acids is 2. The number of amides is 3. The molecule has 4 unspecified atom stereocenters. The Hall–Kier alpha value is -2.77. The summed E-state index contributed by atoms with van der Waals surface area (Å²) in [5.41, 5.74) is 5.28. The molecule has 0 saturated carbocycles. The van der Waals surface area contributed by atoms with E-state index in [-0.39, 0.29) is 0 Å². The highest BCUT2D eigenvalue weighted by molar-refractivity contribution is 5.95. The van der Waals surface area contributed by atoms with Gasteiger partial charge in [-0.1, -0.05) is 0 Å². The van der Waals surface area contributed by atoms with Gasteiger partial charge in [0.1, 0.15) is 24.7 Å². The monoisotopic (exact) mass is 378 g/mol. The third kappa shape index (κ3) is 8.36. The van der Waals surface area contributed by atoms with Gasteiger partial charge >= 0.3 is 11.9 Å². The first-order valence-electron chi connectivity index (χ1n) is 7.36. The Morgan fingerprint density at radius 3 is 1.96 bits per heavy atom. The maximum atomic E-state index is 12.2. The van der Waals surface area contributed by atoms with Crippen molar-refractivity contribution < 1.29 is 44.4 Å². The molecule has 9 N–H and O–H groups in total. The Balaban J connectivity index is 5.15. The third-order valence-corrected chi connectivity index (χ3v) is 3.02. The third-order valence-electron chi connectivity index (χ3n) is 3.02. The van der Waals surface area contributed by atoms with Crippen molar-refractivity contribution in [3.05, 3.63) is 0 Å². The molecular formula is C13H22N4O9. The molecule has 0 aliphatic carbocycles. The molecule has 0 fully saturated rings. The minimum absolute atomic E-state index is 0.723. The molecule has 0 spiro atoms. The fourth-order valence-electron chi connectivity index (χ4n) is 1.68. The van der Waals surface area contributed by atoms with Gasteiger partial charge in [0.15, 0.2) is 0 Å². The first kappa shape index (κ1) is 23.2. The summed E-state index contributed by atoms with van der Waals surface area (Å²) in [6.45, 7) is -0.377. The first-order chi connectivity index (χ1) is 12.0. The van der Waals surface area contributed by atoms with E-state index in [0.29, 0.717) is 0 Å². The second-order valence-corrected chi connectivity index (χ2v) is 5.29. The average Bonchev–Trinajstić information content (AvgIpc) is 2.54. The molecule has 0 aliphatic heterocycles. The van der Waals surface area contributed by atoms with E-state index in [4.69, 9.17) is 21.1 Å². The fraction of sp³-hybridized carbons (Fsp3) is 0.615. The molecule has 0 aromatic rings. The van der Waals surface area contributed by atoms with Gasteiger partial charge in [-0.15, -0.1) is 0 Å². The van der Waals surface area contributed by atoms with Gasteiger partial charge in [0.25, 0.3) is 0 Å². The van der Waals surface area contributed by atoms with Crippen LogP contribution in [0, 0.1) is 0 Å². The van der Waals surface area contributed by atoms with E-state index in [1.807, 2.05) is 10.6 Å². The quantitative estimate of drug-likeness (QED) is 0.171. The van der Waals surface area contributed by atoms with E-state index in [1.54, 1.807) is 0 Å². The van der Waals surface area contributed by atoms with Gasteiger partial charge < -0.3 is 42.1 Å². The molecule has 0 aromatic carbocycles. The van der Waals surface area contributed by atoms with Crippen molar-refractivity contribution in [2.24, 2.45) is 5.73 Å². The van der Waals surface area contributed by atoms with Crippen LogP contribution < -0.4 is 21.7 Å². The highest BCUT2D eigenvalue weighted by atomic mass is 16.4. The Bertz CT molecular complexity index is 552. The van der Waals surface area contributed by atoms with Crippen LogP contribution in [0.5, 0.6) is 0 Å². The zero-order valence-electron chi connectivity index (χ0n) is 13.8. The van der Waals surface area contributed by atoms with E-state index in [2.05, 4.69) is 5.32 Å². The number of aliphatic hydroxyl groups is 2. The lowest BCUT2D eigenvalue weighted by Crippen LogP contribution is -2.59. The first-order valence-corrected chi connectivity index (χ1v) is 7.36. The van der Waals surface area contributed by atoms with E-state index < -0.39 is 73.5 Å². The lowest BCUT2D eigenvalue weighted by Gasteiger charge is -2.24. The van der Waals surface area contributed by atoms with Crippen LogP contribution in [0.25, 0.3) is 0 Å². The summed E-state index contributed by atoms with van der Waals surface area (Å²) >= 11 is 0. The highest BCUT2D eigenvalue weighted by Crippen LogP contribution is 1.99. The molecule has 3 amide bonds. The number of carbonyl (C=O) groups is 5. The number of aliphatic carboxylic acids is 2. The molecule has 4 atom stereocenters. The Labute approximate surface area is 147 Å². The van der Waals surface area contributed by atoms with Gasteiger partial charge in [0, 0.05) is 0 Å². The number of rotatable bonds is 11. The summed E-state index contributed by atoms with van der Waals surface area (Å²) in [6, 6.07) is -4.61. The predicted molar refractivity (Wildman–Crippen MR) is 83.5 cm³/mol. The Morgan fingerprint density at radius 2 is 1.54 bits per heavy atom. The maximum absolute atomic E-state index is 12.2. The number of carboxylic acid groups (broad SMARTS) is 2. The predicted octanol–water partition coefficient (Wildman–Crippen LogP) is -4.67. The van der Waals surface area contributed by atoms with Crippen molar-refractivity contribution in [1.82, 2.24) is 16.0 Å². The van der Waals surface area contributed by atoms with Crippen LogP contribution in [-0.2, 0) is 24.0 Å². The van der Waals surface area contributed by atoms with Gasteiger partial charge in [0.2, 0.25) is 17.7 Å². The number of carbonyl (C=O) groups excluding carboxylic acids is 3. The molecule has 0 bridgehead atoms. The van der Waals surface area contributed by atoms with Crippen LogP contribution >= 0.6 is 0 Å². The van der Waals surface area contributed by atoms with Gasteiger partial charge in [0.05, 0.1) is 19.1 Å². The lowest BCUT2D eigenvalue weighted by molar-refractivity contribution is -0.142. The zero-order chi connectivity index (χ0) is 20.4. The maximum Gasteiger partial charge on any atom is 0.322 e. The molecule has 0 saturated heterocycles. The normalized spacial score (nSPS) is 15.1. The summed E-state index contributed by atoms with van der Waals surface area (Å²) in [7, 11) is 0. The van der Waals surface area contributed by atoms with Crippen molar-refractivity contribution in [3.8, 4) is 0 Å². The smallest absolute Gasteiger partial charge is 0.322 e. The second kappa shape index (κ2) is 11.0. The van der Waals surface area contributed by atoms with Gasteiger partial charge in [-0.05, 0) is 6.92 Å². The van der Waals surface area contributed by atoms with Gasteiger partial charge in [-0.25, -0.2) is 0 Å². The molecule has 0 radical (unpaired) electrons. The van der Waals surface area contributed by atoms with E-state index in [0.717, 1.165) is 6.92 Å². The molecule has 0 heterocycles. The van der Waals surface area contributed by atoms with Crippen LogP contribution in [-0.4, -0.2) is 87.5 Å². The summed E-state index contributed by atoms with van der Waals surface area (Å²) in [4.78, 5) is 56.9. The largest absolute Gasteiger partial charge is 0.481 e. The number of nitrogens with two attached hydrogens (primary N) is 1. The molecule has 0 aromatic heterocycles. The number of hydrogen-bond donors (Lipinski definition) is 8. The van der Waals surface area contributed by atoms with Crippen LogP contribution in [0.1, 0.15) is 13.3 Å². The Morgan fingerprint density at radius 1 is 0.962 bits per heavy atom. The number of hydrogen-bond acceptors (Lipinski definition) is 8. The Kier molecular flexibility index (Phi) is 9.80. The van der Waals surface area contributed by atoms with Crippen molar-refractivity contribution in [2.45, 2.75) is 37.6 Å². The minimum atomic E-state index is -1.65. The standard InChI is InChI=1S/C13H22N4O9/c1-5(19)10(17-11(24)6(14)4-18)13(26)16-7(2-8(20)21)12(25)15-3-9(22)23/h5-7,10,18-19H,2-4,14H2,1H3,(H,15,25)(H,16,26)(H,17,24)(H,20,21)(H,22,23). The van der Waals surface area contributed by atoms with Crippen molar-refractivity contribution in [1.29, 1.82) is 0 Å². The van der Waals surface area contributed by atoms with E-state index in [1.165, 1.54) is 0 Å². The number of nitrogens with one attached hydrogen (secondary N) is 3. The molecule has 148 valence electrons. The SMILES string of the molecule is CC(O)C(NC(=O)C(N)CO)C(=O)NC(CC(=O)O)C(=O)NCC(=O)O. The van der Waals surface area contributed by atoms with Crippen molar-refractivity contribution >= 4 is 29.7 Å². The summed E-state index contributed by atoms with van der Waals surface area (Å²) in [6.07, 6.45) is -2.31. The summed E-state index contributed by atoms with van der Waals surface area (Å²) in [5.74, 6) is -5.98. The summed E-state index contributed by atoms with van der Waals surface area (Å²) < 4.78 is 0. The molecule has 13 heteroatoms. The minimum Gasteiger partial charge on any atom is -0.481 e. The summed E-state index contributed by atoms with van der Waals surface area (Å²) in [5, 5.41) is 41.7. The molecule has 26 heavy (non-hydrogen) atoms. The average molecular weight is 378 g/mol. The molecule has 0 rings (SSSR count). The molecular weight excluding hydrogens is 356 g/mol. The highest BCUT2D eigenvalue weighted by Gasteiger charge is 2.31. The van der Waals surface area contributed by atoms with Crippen LogP contribution in [0.4, 0.5) is 0 Å². The molecule has 13 nitrogen and oxygen atoms in total. The van der Waals surface area contributed by atoms with Crippen molar-refractivity contribution in [2.75, 3.05) is 13.2 Å². The fourth-order valence-corrected chi connectivity index (χ4v) is 1.68. The van der Waals surface area contributed by atoms with Gasteiger partial charge in [-0.3, -0.25) is 24.0 Å². The lowest BCUT2D eigenvalue weighted by atomic mass is 10.1.